The lowest BCUT2D eigenvalue weighted by atomic mass is 9.89. The van der Waals surface area contributed by atoms with Gasteiger partial charge >= 0.3 is 0 Å². The summed E-state index contributed by atoms with van der Waals surface area (Å²) in [5.41, 5.74) is 7.36. The highest BCUT2D eigenvalue weighted by Crippen LogP contribution is 2.28. The maximum Gasteiger partial charge on any atom is 0.227 e. The Bertz CT molecular complexity index is 463. The summed E-state index contributed by atoms with van der Waals surface area (Å²) in [6.45, 7) is 7.26. The molecule has 1 aromatic carbocycles. The average molecular weight is 325 g/mol. The Morgan fingerprint density at radius 2 is 1.82 bits per heavy atom. The molecule has 1 aliphatic heterocycles. The molecule has 4 heteroatoms. The number of nitrogens with zero attached hydrogens (tertiary/aromatic N) is 1. The van der Waals surface area contributed by atoms with Crippen LogP contribution in [0, 0.1) is 11.8 Å². The van der Waals surface area contributed by atoms with Crippen molar-refractivity contribution in [3.63, 3.8) is 0 Å². The number of likely N-dealkylation sites (tertiary alicyclic amines) is 1. The van der Waals surface area contributed by atoms with Gasteiger partial charge in [-0.2, -0.15) is 0 Å². The van der Waals surface area contributed by atoms with Crippen LogP contribution in [0.1, 0.15) is 51.6 Å². The fourth-order valence-electron chi connectivity index (χ4n) is 3.30. The van der Waals surface area contributed by atoms with Crippen molar-refractivity contribution in [1.29, 1.82) is 0 Å². The lowest BCUT2D eigenvalue weighted by Gasteiger charge is -2.40. The number of nitrogens with two attached hydrogens (primary N) is 1. The summed E-state index contributed by atoms with van der Waals surface area (Å²) in [5.74, 6) is 0.547. The van der Waals surface area contributed by atoms with Gasteiger partial charge in [-0.1, -0.05) is 51.1 Å². The number of carbonyl (C=O) groups is 1. The molecule has 3 atom stereocenters. The summed E-state index contributed by atoms with van der Waals surface area (Å²) in [6.07, 6.45) is 3.46. The van der Waals surface area contributed by atoms with E-state index < -0.39 is 0 Å². The van der Waals surface area contributed by atoms with Crippen molar-refractivity contribution in [3.8, 4) is 0 Å². The third-order valence-electron chi connectivity index (χ3n) is 4.71. The molecule has 0 bridgehead atoms. The molecule has 0 aromatic heterocycles. The number of piperidine rings is 1. The highest BCUT2D eigenvalue weighted by Gasteiger charge is 2.33. The third-order valence-corrected chi connectivity index (χ3v) is 4.71. The second-order valence-electron chi connectivity index (χ2n) is 6.56. The van der Waals surface area contributed by atoms with Gasteiger partial charge in [-0.15, -0.1) is 12.4 Å². The van der Waals surface area contributed by atoms with E-state index in [1.807, 2.05) is 37.3 Å². The van der Waals surface area contributed by atoms with Crippen LogP contribution in [0.2, 0.25) is 0 Å². The SMILES string of the molecule is CC(C)C1CCCCN1C(=O)C(C)C(N)c1ccccc1.Cl. The van der Waals surface area contributed by atoms with Crippen LogP contribution >= 0.6 is 12.4 Å². The topological polar surface area (TPSA) is 46.3 Å². The summed E-state index contributed by atoms with van der Waals surface area (Å²) < 4.78 is 0. The summed E-state index contributed by atoms with van der Waals surface area (Å²) in [7, 11) is 0. The molecule has 0 aliphatic carbocycles. The molecule has 124 valence electrons. The molecule has 1 aliphatic rings. The second-order valence-corrected chi connectivity index (χ2v) is 6.56. The van der Waals surface area contributed by atoms with E-state index >= 15 is 0 Å². The zero-order valence-corrected chi connectivity index (χ0v) is 14.7. The van der Waals surface area contributed by atoms with Gasteiger partial charge in [0.2, 0.25) is 5.91 Å². The van der Waals surface area contributed by atoms with Gasteiger partial charge < -0.3 is 10.6 Å². The van der Waals surface area contributed by atoms with Gasteiger partial charge in [-0.05, 0) is 30.7 Å². The predicted octanol–water partition coefficient (Wildman–Crippen LogP) is 3.78. The number of hydrogen-bond donors (Lipinski definition) is 1. The minimum Gasteiger partial charge on any atom is -0.339 e. The van der Waals surface area contributed by atoms with Crippen LogP contribution in [-0.4, -0.2) is 23.4 Å². The second kappa shape index (κ2) is 8.54. The molecule has 1 fully saturated rings. The summed E-state index contributed by atoms with van der Waals surface area (Å²) in [4.78, 5) is 15.0. The number of amides is 1. The molecular weight excluding hydrogens is 296 g/mol. The van der Waals surface area contributed by atoms with Crippen molar-refractivity contribution in [3.05, 3.63) is 35.9 Å². The van der Waals surface area contributed by atoms with Crippen LogP contribution in [0.5, 0.6) is 0 Å². The average Bonchev–Trinajstić information content (AvgIpc) is 2.53. The number of benzene rings is 1. The summed E-state index contributed by atoms with van der Waals surface area (Å²) in [6, 6.07) is 10.1. The predicted molar refractivity (Wildman–Crippen MR) is 94.0 cm³/mol. The first-order valence-corrected chi connectivity index (χ1v) is 8.13. The van der Waals surface area contributed by atoms with Crippen LogP contribution in [0.15, 0.2) is 30.3 Å². The van der Waals surface area contributed by atoms with Gasteiger partial charge in [0, 0.05) is 18.6 Å². The first-order chi connectivity index (χ1) is 10.0. The Labute approximate surface area is 140 Å². The van der Waals surface area contributed by atoms with Gasteiger partial charge in [0.1, 0.15) is 0 Å². The van der Waals surface area contributed by atoms with Crippen molar-refractivity contribution < 1.29 is 4.79 Å². The van der Waals surface area contributed by atoms with Gasteiger partial charge in [-0.25, -0.2) is 0 Å². The Kier molecular flexibility index (Phi) is 7.37. The Morgan fingerprint density at radius 1 is 1.18 bits per heavy atom. The molecule has 2 N–H and O–H groups in total. The molecule has 2 rings (SSSR count). The molecule has 0 radical (unpaired) electrons. The van der Waals surface area contributed by atoms with Crippen LogP contribution in [0.4, 0.5) is 0 Å². The Balaban J connectivity index is 0.00000242. The molecule has 3 nitrogen and oxygen atoms in total. The molecule has 1 amide bonds. The van der Waals surface area contributed by atoms with Gasteiger partial charge in [0.25, 0.3) is 0 Å². The van der Waals surface area contributed by atoms with E-state index in [0.29, 0.717) is 12.0 Å². The quantitative estimate of drug-likeness (QED) is 0.916. The Morgan fingerprint density at radius 3 is 2.41 bits per heavy atom. The fourth-order valence-corrected chi connectivity index (χ4v) is 3.30. The molecule has 0 spiro atoms. The molecule has 1 saturated heterocycles. The Hall–Kier alpha value is -1.06. The maximum atomic E-state index is 12.9. The standard InChI is InChI=1S/C18H28N2O.ClH/c1-13(2)16-11-7-8-12-20(16)18(21)14(3)17(19)15-9-5-4-6-10-15;/h4-6,9-10,13-14,16-17H,7-8,11-12,19H2,1-3H3;1H. The first-order valence-electron chi connectivity index (χ1n) is 8.13. The van der Waals surface area contributed by atoms with E-state index in [9.17, 15) is 4.79 Å². The number of carbonyl (C=O) groups excluding carboxylic acids is 1. The molecular formula is C18H29ClN2O. The van der Waals surface area contributed by atoms with Crippen molar-refractivity contribution >= 4 is 18.3 Å². The smallest absolute Gasteiger partial charge is 0.227 e. The zero-order valence-electron chi connectivity index (χ0n) is 13.9. The summed E-state index contributed by atoms with van der Waals surface area (Å²) in [5, 5.41) is 0. The largest absolute Gasteiger partial charge is 0.339 e. The minimum absolute atomic E-state index is 0. The minimum atomic E-state index is -0.228. The van der Waals surface area contributed by atoms with Crippen molar-refractivity contribution in [1.82, 2.24) is 4.90 Å². The number of hydrogen-bond acceptors (Lipinski definition) is 2. The molecule has 1 aromatic rings. The molecule has 22 heavy (non-hydrogen) atoms. The summed E-state index contributed by atoms with van der Waals surface area (Å²) >= 11 is 0. The number of rotatable bonds is 4. The highest BCUT2D eigenvalue weighted by molar-refractivity contribution is 5.85. The van der Waals surface area contributed by atoms with Crippen LogP contribution in [-0.2, 0) is 4.79 Å². The molecule has 1 heterocycles. The van der Waals surface area contributed by atoms with Crippen LogP contribution in [0.3, 0.4) is 0 Å². The van der Waals surface area contributed by atoms with Crippen LogP contribution in [0.25, 0.3) is 0 Å². The lowest BCUT2D eigenvalue weighted by molar-refractivity contribution is -0.140. The highest BCUT2D eigenvalue weighted by atomic mass is 35.5. The van der Waals surface area contributed by atoms with Crippen LogP contribution < -0.4 is 5.73 Å². The fraction of sp³-hybridized carbons (Fsp3) is 0.611. The van der Waals surface area contributed by atoms with Crippen molar-refractivity contribution in [2.45, 2.75) is 52.1 Å². The van der Waals surface area contributed by atoms with E-state index in [-0.39, 0.29) is 30.3 Å². The lowest BCUT2D eigenvalue weighted by Crippen LogP contribution is -2.49. The van der Waals surface area contributed by atoms with E-state index in [1.54, 1.807) is 0 Å². The van der Waals surface area contributed by atoms with E-state index in [2.05, 4.69) is 18.7 Å². The van der Waals surface area contributed by atoms with E-state index in [1.165, 1.54) is 6.42 Å². The third kappa shape index (κ3) is 4.23. The maximum absolute atomic E-state index is 12.9. The normalized spacial score (nSPS) is 21.1. The first kappa shape index (κ1) is 19.0. The van der Waals surface area contributed by atoms with Gasteiger partial charge in [0.05, 0.1) is 5.92 Å². The van der Waals surface area contributed by atoms with Crippen molar-refractivity contribution in [2.75, 3.05) is 6.54 Å². The van der Waals surface area contributed by atoms with Gasteiger partial charge in [-0.3, -0.25) is 4.79 Å². The van der Waals surface area contributed by atoms with Crippen molar-refractivity contribution in [2.24, 2.45) is 17.6 Å². The zero-order chi connectivity index (χ0) is 15.4. The number of halogens is 1. The van der Waals surface area contributed by atoms with E-state index in [0.717, 1.165) is 24.9 Å². The molecule has 0 saturated carbocycles. The van der Waals surface area contributed by atoms with E-state index in [4.69, 9.17) is 5.73 Å². The molecule has 3 unspecified atom stereocenters. The monoisotopic (exact) mass is 324 g/mol. The van der Waals surface area contributed by atoms with Gasteiger partial charge in [0.15, 0.2) is 0 Å².